The first-order valence-electron chi connectivity index (χ1n) is 7.04. The van der Waals surface area contributed by atoms with Gasteiger partial charge in [0, 0.05) is 18.7 Å². The van der Waals surface area contributed by atoms with Gasteiger partial charge in [-0.05, 0) is 29.7 Å². The maximum Gasteiger partial charge on any atom is 0.120 e. The van der Waals surface area contributed by atoms with Crippen molar-refractivity contribution in [2.75, 3.05) is 6.54 Å². The molecule has 0 saturated heterocycles. The normalized spacial score (nSPS) is 14.7. The number of hydrogen-bond donors (Lipinski definition) is 3. The Labute approximate surface area is 120 Å². The number of nitrogens with one attached hydrogen (secondary N) is 1. The lowest BCUT2D eigenvalue weighted by atomic mass is 9.92. The molecule has 20 heavy (non-hydrogen) atoms. The van der Waals surface area contributed by atoms with Crippen molar-refractivity contribution in [1.29, 1.82) is 0 Å². The molecule has 0 spiro atoms. The topological polar surface area (TPSA) is 52.5 Å². The van der Waals surface area contributed by atoms with Crippen LogP contribution < -0.4 is 5.32 Å². The number of hydrogen-bond acceptors (Lipinski definition) is 3. The minimum absolute atomic E-state index is 0.177. The molecule has 3 heteroatoms. The molecule has 108 valence electrons. The number of rotatable bonds is 5. The fourth-order valence-electron chi connectivity index (χ4n) is 2.15. The van der Waals surface area contributed by atoms with Gasteiger partial charge in [-0.15, -0.1) is 0 Å². The first-order chi connectivity index (χ1) is 9.42. The summed E-state index contributed by atoms with van der Waals surface area (Å²) in [5.74, 6) is 0.469. The highest BCUT2D eigenvalue weighted by Gasteiger charge is 2.24. The summed E-state index contributed by atoms with van der Waals surface area (Å²) in [6.07, 6.45) is 0. The second-order valence-electron chi connectivity index (χ2n) is 5.90. The van der Waals surface area contributed by atoms with E-state index in [1.165, 1.54) is 0 Å². The van der Waals surface area contributed by atoms with Crippen molar-refractivity contribution in [3.63, 3.8) is 0 Å². The van der Waals surface area contributed by atoms with Gasteiger partial charge in [-0.1, -0.05) is 44.2 Å². The molecule has 3 N–H and O–H groups in total. The highest BCUT2D eigenvalue weighted by atomic mass is 16.3. The van der Waals surface area contributed by atoms with Gasteiger partial charge in [0.05, 0.1) is 5.60 Å². The zero-order valence-electron chi connectivity index (χ0n) is 12.4. The summed E-state index contributed by atoms with van der Waals surface area (Å²) in [6, 6.07) is 11.6. The molecule has 2 aromatic carbocycles. The van der Waals surface area contributed by atoms with Gasteiger partial charge in [0.15, 0.2) is 0 Å². The molecule has 3 nitrogen and oxygen atoms in total. The summed E-state index contributed by atoms with van der Waals surface area (Å²) in [5.41, 5.74) is 0.128. The van der Waals surface area contributed by atoms with Gasteiger partial charge >= 0.3 is 0 Å². The van der Waals surface area contributed by atoms with Crippen molar-refractivity contribution in [2.45, 2.75) is 32.9 Å². The van der Waals surface area contributed by atoms with Gasteiger partial charge in [0.2, 0.25) is 0 Å². The van der Waals surface area contributed by atoms with Crippen LogP contribution in [0.2, 0.25) is 0 Å². The van der Waals surface area contributed by atoms with Crippen LogP contribution in [-0.2, 0) is 6.54 Å². The van der Waals surface area contributed by atoms with E-state index in [0.29, 0.717) is 18.8 Å². The molecule has 2 aromatic rings. The van der Waals surface area contributed by atoms with E-state index in [0.717, 1.165) is 16.3 Å². The standard InChI is InChI=1S/C17H23NO2/c1-12(2)17(3,20)11-18-10-15-14-7-5-4-6-13(14)8-9-16(15)19/h4-9,12,18-20H,10-11H2,1-3H3. The number of benzene rings is 2. The van der Waals surface area contributed by atoms with Gasteiger partial charge < -0.3 is 15.5 Å². The van der Waals surface area contributed by atoms with Gasteiger partial charge in [-0.3, -0.25) is 0 Å². The largest absolute Gasteiger partial charge is 0.508 e. The smallest absolute Gasteiger partial charge is 0.120 e. The molecule has 2 rings (SSSR count). The maximum atomic E-state index is 10.2. The van der Waals surface area contributed by atoms with Crippen LogP contribution in [0, 0.1) is 5.92 Å². The maximum absolute atomic E-state index is 10.2. The van der Waals surface area contributed by atoms with Crippen LogP contribution in [0.5, 0.6) is 5.75 Å². The summed E-state index contributed by atoms with van der Waals surface area (Å²) < 4.78 is 0. The van der Waals surface area contributed by atoms with Gasteiger partial charge in [0.1, 0.15) is 5.75 Å². The van der Waals surface area contributed by atoms with Crippen LogP contribution in [-0.4, -0.2) is 22.4 Å². The van der Waals surface area contributed by atoms with Crippen LogP contribution >= 0.6 is 0 Å². The zero-order chi connectivity index (χ0) is 14.8. The molecule has 0 aliphatic heterocycles. The van der Waals surface area contributed by atoms with Crippen molar-refractivity contribution in [3.8, 4) is 5.75 Å². The summed E-state index contributed by atoms with van der Waals surface area (Å²) in [4.78, 5) is 0. The molecule has 0 fully saturated rings. The van der Waals surface area contributed by atoms with Gasteiger partial charge in [-0.25, -0.2) is 0 Å². The average Bonchev–Trinajstić information content (AvgIpc) is 2.41. The van der Waals surface area contributed by atoms with E-state index in [9.17, 15) is 10.2 Å². The van der Waals surface area contributed by atoms with Crippen LogP contribution in [0.1, 0.15) is 26.3 Å². The van der Waals surface area contributed by atoms with Crippen LogP contribution in [0.4, 0.5) is 0 Å². The zero-order valence-corrected chi connectivity index (χ0v) is 12.4. The molecule has 0 aliphatic rings. The quantitative estimate of drug-likeness (QED) is 0.785. The van der Waals surface area contributed by atoms with E-state index in [-0.39, 0.29) is 5.92 Å². The van der Waals surface area contributed by atoms with Crippen molar-refractivity contribution < 1.29 is 10.2 Å². The number of fused-ring (bicyclic) bond motifs is 1. The van der Waals surface area contributed by atoms with Crippen LogP contribution in [0.15, 0.2) is 36.4 Å². The summed E-state index contributed by atoms with van der Waals surface area (Å²) >= 11 is 0. The van der Waals surface area contributed by atoms with E-state index in [1.54, 1.807) is 6.07 Å². The number of aromatic hydroxyl groups is 1. The first kappa shape index (κ1) is 14.8. The predicted octanol–water partition coefficient (Wildman–Crippen LogP) is 3.04. The van der Waals surface area contributed by atoms with E-state index in [1.807, 2.05) is 51.1 Å². The molecule has 0 heterocycles. The molecule has 0 radical (unpaired) electrons. The Bertz CT molecular complexity index is 591. The number of aliphatic hydroxyl groups is 1. The lowest BCUT2D eigenvalue weighted by Crippen LogP contribution is -2.41. The Morgan fingerprint density at radius 3 is 2.55 bits per heavy atom. The highest BCUT2D eigenvalue weighted by molar-refractivity contribution is 5.87. The molecule has 0 saturated carbocycles. The molecular formula is C17H23NO2. The SMILES string of the molecule is CC(C)C(C)(O)CNCc1c(O)ccc2ccccc12. The van der Waals surface area contributed by atoms with E-state index in [4.69, 9.17) is 0 Å². The minimum atomic E-state index is -0.750. The average molecular weight is 273 g/mol. The van der Waals surface area contributed by atoms with Crippen molar-refractivity contribution in [2.24, 2.45) is 5.92 Å². The van der Waals surface area contributed by atoms with E-state index < -0.39 is 5.60 Å². The fraction of sp³-hybridized carbons (Fsp3) is 0.412. The van der Waals surface area contributed by atoms with Crippen molar-refractivity contribution >= 4 is 10.8 Å². The lowest BCUT2D eigenvalue weighted by molar-refractivity contribution is 0.0139. The third-order valence-electron chi connectivity index (χ3n) is 4.04. The third kappa shape index (κ3) is 3.11. The van der Waals surface area contributed by atoms with Crippen molar-refractivity contribution in [3.05, 3.63) is 42.0 Å². The second-order valence-corrected chi connectivity index (χ2v) is 5.90. The Hall–Kier alpha value is -1.58. The van der Waals surface area contributed by atoms with Crippen LogP contribution in [0.3, 0.4) is 0 Å². The van der Waals surface area contributed by atoms with E-state index >= 15 is 0 Å². The van der Waals surface area contributed by atoms with Crippen LogP contribution in [0.25, 0.3) is 10.8 Å². The summed E-state index contributed by atoms with van der Waals surface area (Å²) in [6.45, 7) is 6.85. The molecule has 1 atom stereocenters. The fourth-order valence-corrected chi connectivity index (χ4v) is 2.15. The Kier molecular flexibility index (Phi) is 4.31. The highest BCUT2D eigenvalue weighted by Crippen LogP contribution is 2.27. The Morgan fingerprint density at radius 2 is 1.85 bits per heavy atom. The summed E-state index contributed by atoms with van der Waals surface area (Å²) in [7, 11) is 0. The summed E-state index contributed by atoms with van der Waals surface area (Å²) in [5, 5.41) is 25.7. The van der Waals surface area contributed by atoms with E-state index in [2.05, 4.69) is 5.32 Å². The number of phenols is 1. The molecule has 1 unspecified atom stereocenters. The Morgan fingerprint density at radius 1 is 1.15 bits per heavy atom. The lowest BCUT2D eigenvalue weighted by Gasteiger charge is -2.28. The molecule has 0 bridgehead atoms. The molecule has 0 aliphatic carbocycles. The molecule has 0 amide bonds. The monoisotopic (exact) mass is 273 g/mol. The number of phenolic OH excluding ortho intramolecular Hbond substituents is 1. The molecule has 0 aromatic heterocycles. The predicted molar refractivity (Wildman–Crippen MR) is 82.8 cm³/mol. The van der Waals surface area contributed by atoms with Crippen molar-refractivity contribution in [1.82, 2.24) is 5.32 Å². The Balaban J connectivity index is 2.16. The third-order valence-corrected chi connectivity index (χ3v) is 4.04. The van der Waals surface area contributed by atoms with Gasteiger partial charge in [-0.2, -0.15) is 0 Å². The minimum Gasteiger partial charge on any atom is -0.508 e. The first-order valence-corrected chi connectivity index (χ1v) is 7.04. The van der Waals surface area contributed by atoms with Gasteiger partial charge in [0.25, 0.3) is 0 Å². The molecular weight excluding hydrogens is 250 g/mol. The second kappa shape index (κ2) is 5.81.